The van der Waals surface area contributed by atoms with Gasteiger partial charge in [0.25, 0.3) is 0 Å². The van der Waals surface area contributed by atoms with Gasteiger partial charge < -0.3 is 11.1 Å². The number of hydrogen-bond acceptors (Lipinski definition) is 2. The van der Waals surface area contributed by atoms with Crippen molar-refractivity contribution in [3.8, 4) is 0 Å². The number of rotatable bonds is 8. The molecular weight excluding hydrogens is 172 g/mol. The number of nitrogens with two attached hydrogens (primary N) is 1. The van der Waals surface area contributed by atoms with E-state index in [0.717, 1.165) is 19.4 Å². The van der Waals surface area contributed by atoms with Gasteiger partial charge in [0.15, 0.2) is 0 Å². The SMILES string of the molecule is CCC(N)CCNC(CC)(CC)CC. The molecule has 0 aromatic heterocycles. The van der Waals surface area contributed by atoms with E-state index in [1.165, 1.54) is 19.3 Å². The van der Waals surface area contributed by atoms with E-state index in [1.54, 1.807) is 0 Å². The molecule has 0 aliphatic rings. The lowest BCUT2D eigenvalue weighted by molar-refractivity contribution is 0.285. The van der Waals surface area contributed by atoms with E-state index in [9.17, 15) is 0 Å². The second-order valence-corrected chi connectivity index (χ2v) is 4.22. The predicted octanol–water partition coefficient (Wildman–Crippen LogP) is 2.67. The molecule has 0 heterocycles. The van der Waals surface area contributed by atoms with Crippen molar-refractivity contribution in [3.05, 3.63) is 0 Å². The minimum atomic E-state index is 0.355. The Morgan fingerprint density at radius 1 is 1.07 bits per heavy atom. The molecule has 1 atom stereocenters. The highest BCUT2D eigenvalue weighted by Gasteiger charge is 2.22. The molecule has 0 rings (SSSR count). The first-order valence-corrected chi connectivity index (χ1v) is 6.14. The lowest BCUT2D eigenvalue weighted by Crippen LogP contribution is -2.45. The first kappa shape index (κ1) is 13.9. The average Bonchev–Trinajstić information content (AvgIpc) is 2.25. The van der Waals surface area contributed by atoms with Crippen molar-refractivity contribution < 1.29 is 0 Å². The average molecular weight is 200 g/mol. The van der Waals surface area contributed by atoms with Crippen LogP contribution in [0.2, 0.25) is 0 Å². The quantitative estimate of drug-likeness (QED) is 0.632. The molecule has 0 aliphatic heterocycles. The summed E-state index contributed by atoms with van der Waals surface area (Å²) in [6, 6.07) is 0.366. The second-order valence-electron chi connectivity index (χ2n) is 4.22. The third-order valence-electron chi connectivity index (χ3n) is 3.57. The van der Waals surface area contributed by atoms with Gasteiger partial charge in [-0.3, -0.25) is 0 Å². The molecule has 86 valence electrons. The molecule has 0 aromatic carbocycles. The molecule has 3 N–H and O–H groups in total. The molecule has 0 spiro atoms. The zero-order valence-corrected chi connectivity index (χ0v) is 10.4. The van der Waals surface area contributed by atoms with Crippen LogP contribution in [0.3, 0.4) is 0 Å². The van der Waals surface area contributed by atoms with Crippen LogP contribution >= 0.6 is 0 Å². The molecule has 0 aliphatic carbocycles. The molecule has 1 unspecified atom stereocenters. The van der Waals surface area contributed by atoms with Crippen LogP contribution in [0.15, 0.2) is 0 Å². The van der Waals surface area contributed by atoms with Crippen LogP contribution < -0.4 is 11.1 Å². The fraction of sp³-hybridized carbons (Fsp3) is 1.00. The van der Waals surface area contributed by atoms with Gasteiger partial charge in [0, 0.05) is 11.6 Å². The molecule has 2 heteroatoms. The molecule has 2 nitrogen and oxygen atoms in total. The summed E-state index contributed by atoms with van der Waals surface area (Å²) in [4.78, 5) is 0. The summed E-state index contributed by atoms with van der Waals surface area (Å²) in [6.45, 7) is 10.0. The van der Waals surface area contributed by atoms with E-state index >= 15 is 0 Å². The maximum absolute atomic E-state index is 5.89. The summed E-state index contributed by atoms with van der Waals surface area (Å²) in [5, 5.41) is 3.67. The van der Waals surface area contributed by atoms with Gasteiger partial charge >= 0.3 is 0 Å². The van der Waals surface area contributed by atoms with E-state index in [1.807, 2.05) is 0 Å². The number of nitrogens with one attached hydrogen (secondary N) is 1. The van der Waals surface area contributed by atoms with Gasteiger partial charge in [-0.1, -0.05) is 27.7 Å². The lowest BCUT2D eigenvalue weighted by atomic mass is 9.89. The Bertz CT molecular complexity index is 122. The molecule has 0 bridgehead atoms. The van der Waals surface area contributed by atoms with Crippen LogP contribution in [-0.4, -0.2) is 18.1 Å². The third-order valence-corrected chi connectivity index (χ3v) is 3.57. The van der Waals surface area contributed by atoms with Crippen molar-refractivity contribution in [3.63, 3.8) is 0 Å². The maximum atomic E-state index is 5.89. The fourth-order valence-corrected chi connectivity index (χ4v) is 1.85. The Morgan fingerprint density at radius 2 is 1.57 bits per heavy atom. The van der Waals surface area contributed by atoms with Gasteiger partial charge in [0.1, 0.15) is 0 Å². The van der Waals surface area contributed by atoms with E-state index in [-0.39, 0.29) is 0 Å². The topological polar surface area (TPSA) is 38.0 Å². The zero-order valence-electron chi connectivity index (χ0n) is 10.4. The van der Waals surface area contributed by atoms with Crippen molar-refractivity contribution in [2.75, 3.05) is 6.54 Å². The van der Waals surface area contributed by atoms with Crippen molar-refractivity contribution in [1.82, 2.24) is 5.32 Å². The monoisotopic (exact) mass is 200 g/mol. The van der Waals surface area contributed by atoms with E-state index < -0.39 is 0 Å². The Balaban J connectivity index is 3.82. The summed E-state index contributed by atoms with van der Waals surface area (Å²) in [6.07, 6.45) is 5.81. The maximum Gasteiger partial charge on any atom is 0.0173 e. The molecule has 0 amide bonds. The minimum Gasteiger partial charge on any atom is -0.328 e. The summed E-state index contributed by atoms with van der Waals surface area (Å²) < 4.78 is 0. The van der Waals surface area contributed by atoms with Crippen LogP contribution in [0.4, 0.5) is 0 Å². The molecular formula is C12H28N2. The van der Waals surface area contributed by atoms with E-state index in [4.69, 9.17) is 5.73 Å². The largest absolute Gasteiger partial charge is 0.328 e. The summed E-state index contributed by atoms with van der Waals surface area (Å²) in [7, 11) is 0. The standard InChI is InChI=1S/C12H28N2/c1-5-11(13)9-10-14-12(6-2,7-3)8-4/h11,14H,5-10,13H2,1-4H3. The van der Waals surface area contributed by atoms with Crippen LogP contribution in [-0.2, 0) is 0 Å². The van der Waals surface area contributed by atoms with Gasteiger partial charge in [0.05, 0.1) is 0 Å². The second kappa shape index (κ2) is 7.24. The first-order chi connectivity index (χ1) is 6.64. The van der Waals surface area contributed by atoms with Crippen molar-refractivity contribution in [1.29, 1.82) is 0 Å². The summed E-state index contributed by atoms with van der Waals surface area (Å²) in [5.74, 6) is 0. The highest BCUT2D eigenvalue weighted by atomic mass is 15.0. The van der Waals surface area contributed by atoms with Crippen LogP contribution in [0.1, 0.15) is 59.8 Å². The zero-order chi connectivity index (χ0) is 11.0. The summed E-state index contributed by atoms with van der Waals surface area (Å²) >= 11 is 0. The van der Waals surface area contributed by atoms with Crippen LogP contribution in [0.25, 0.3) is 0 Å². The molecule has 14 heavy (non-hydrogen) atoms. The van der Waals surface area contributed by atoms with E-state index in [0.29, 0.717) is 11.6 Å². The smallest absolute Gasteiger partial charge is 0.0173 e. The molecule has 0 fully saturated rings. The Labute approximate surface area is 89.6 Å². The lowest BCUT2D eigenvalue weighted by Gasteiger charge is -2.32. The fourth-order valence-electron chi connectivity index (χ4n) is 1.85. The molecule has 0 saturated carbocycles. The van der Waals surface area contributed by atoms with Gasteiger partial charge in [-0.15, -0.1) is 0 Å². The highest BCUT2D eigenvalue weighted by Crippen LogP contribution is 2.18. The molecule has 0 aromatic rings. The number of hydrogen-bond donors (Lipinski definition) is 2. The Kier molecular flexibility index (Phi) is 7.20. The highest BCUT2D eigenvalue weighted by molar-refractivity contribution is 4.83. The first-order valence-electron chi connectivity index (χ1n) is 6.14. The third kappa shape index (κ3) is 4.43. The van der Waals surface area contributed by atoms with Gasteiger partial charge in [-0.2, -0.15) is 0 Å². The van der Waals surface area contributed by atoms with Crippen molar-refractivity contribution >= 4 is 0 Å². The van der Waals surface area contributed by atoms with Crippen LogP contribution in [0.5, 0.6) is 0 Å². The van der Waals surface area contributed by atoms with E-state index in [2.05, 4.69) is 33.0 Å². The van der Waals surface area contributed by atoms with Gasteiger partial charge in [-0.25, -0.2) is 0 Å². The predicted molar refractivity (Wildman–Crippen MR) is 64.5 cm³/mol. The normalized spacial score (nSPS) is 14.4. The van der Waals surface area contributed by atoms with Gasteiger partial charge in [0.2, 0.25) is 0 Å². The van der Waals surface area contributed by atoms with Crippen molar-refractivity contribution in [2.45, 2.75) is 71.4 Å². The summed E-state index contributed by atoms with van der Waals surface area (Å²) in [5.41, 5.74) is 6.24. The molecule has 0 radical (unpaired) electrons. The van der Waals surface area contributed by atoms with Crippen molar-refractivity contribution in [2.24, 2.45) is 5.73 Å². The molecule has 0 saturated heterocycles. The minimum absolute atomic E-state index is 0.355. The Hall–Kier alpha value is -0.0800. The Morgan fingerprint density at radius 3 is 1.93 bits per heavy atom. The van der Waals surface area contributed by atoms with Gasteiger partial charge in [-0.05, 0) is 38.6 Å². The van der Waals surface area contributed by atoms with Crippen LogP contribution in [0, 0.1) is 0 Å².